The number of alkyl halides is 1. The van der Waals surface area contributed by atoms with Gasteiger partial charge in [0, 0.05) is 11.9 Å². The molecule has 0 aliphatic carbocycles. The number of hydrogen-bond acceptors (Lipinski definition) is 2. The number of aryl methyl sites for hydroxylation is 1. The highest BCUT2D eigenvalue weighted by Gasteiger charge is 2.26. The van der Waals surface area contributed by atoms with Crippen LogP contribution in [0, 0.1) is 12.3 Å². The van der Waals surface area contributed by atoms with Gasteiger partial charge < -0.3 is 9.73 Å². The Morgan fingerprint density at radius 1 is 1.53 bits per heavy atom. The molecule has 0 bridgehead atoms. The molecule has 1 atom stereocenters. The van der Waals surface area contributed by atoms with Crippen molar-refractivity contribution >= 4 is 17.5 Å². The van der Waals surface area contributed by atoms with Crippen LogP contribution in [0.15, 0.2) is 16.7 Å². The second-order valence-corrected chi connectivity index (χ2v) is 5.64. The molecular weight excluding hydrogens is 238 g/mol. The summed E-state index contributed by atoms with van der Waals surface area (Å²) in [6.07, 6.45) is 2.28. The first-order chi connectivity index (χ1) is 7.86. The van der Waals surface area contributed by atoms with Crippen molar-refractivity contribution in [3.63, 3.8) is 0 Å². The predicted molar refractivity (Wildman–Crippen MR) is 69.5 cm³/mol. The zero-order valence-corrected chi connectivity index (χ0v) is 11.6. The third-order valence-corrected chi connectivity index (χ3v) is 3.07. The number of carbonyl (C=O) groups is 1. The van der Waals surface area contributed by atoms with Crippen molar-refractivity contribution in [2.45, 2.75) is 40.2 Å². The van der Waals surface area contributed by atoms with Crippen LogP contribution >= 0.6 is 11.6 Å². The van der Waals surface area contributed by atoms with Gasteiger partial charge in [0.05, 0.1) is 11.8 Å². The van der Waals surface area contributed by atoms with Crippen LogP contribution in [0.1, 0.15) is 43.3 Å². The van der Waals surface area contributed by atoms with Crippen LogP contribution in [0.5, 0.6) is 0 Å². The number of halogens is 1. The maximum Gasteiger partial charge on any atom is 0.255 e. The highest BCUT2D eigenvalue weighted by Crippen LogP contribution is 2.23. The smallest absolute Gasteiger partial charge is 0.255 e. The Morgan fingerprint density at radius 2 is 2.18 bits per heavy atom. The van der Waals surface area contributed by atoms with Crippen LogP contribution < -0.4 is 5.32 Å². The molecule has 17 heavy (non-hydrogen) atoms. The van der Waals surface area contributed by atoms with E-state index in [4.69, 9.17) is 16.0 Å². The summed E-state index contributed by atoms with van der Waals surface area (Å²) in [5.74, 6) is 1.08. The Morgan fingerprint density at radius 3 is 2.59 bits per heavy atom. The Bertz CT molecular complexity index is 379. The minimum absolute atomic E-state index is 0.0117. The molecule has 1 unspecified atom stereocenters. The van der Waals surface area contributed by atoms with E-state index in [1.165, 1.54) is 6.26 Å². The van der Waals surface area contributed by atoms with E-state index in [0.29, 0.717) is 17.2 Å². The number of carbonyl (C=O) groups excluding carboxylic acids is 1. The molecule has 0 spiro atoms. The van der Waals surface area contributed by atoms with Crippen LogP contribution in [0.4, 0.5) is 0 Å². The summed E-state index contributed by atoms with van der Waals surface area (Å²) in [5, 5.41) is 3.02. The largest absolute Gasteiger partial charge is 0.469 e. The van der Waals surface area contributed by atoms with E-state index in [0.717, 1.165) is 6.42 Å². The fraction of sp³-hybridized carbons (Fsp3) is 0.615. The molecule has 1 N–H and O–H groups in total. The number of hydrogen-bond donors (Lipinski definition) is 1. The first-order valence-electron chi connectivity index (χ1n) is 5.77. The summed E-state index contributed by atoms with van der Waals surface area (Å²) in [6, 6.07) is 1.74. The molecule has 0 aliphatic heterocycles. The van der Waals surface area contributed by atoms with Crippen molar-refractivity contribution in [3.8, 4) is 0 Å². The molecule has 1 aromatic heterocycles. The molecule has 0 aromatic carbocycles. The first-order valence-corrected chi connectivity index (χ1v) is 6.30. The third-order valence-electron chi connectivity index (χ3n) is 2.85. The second-order valence-electron chi connectivity index (χ2n) is 5.26. The molecule has 1 aromatic rings. The van der Waals surface area contributed by atoms with E-state index in [1.807, 2.05) is 0 Å². The lowest BCUT2D eigenvalue weighted by Crippen LogP contribution is -2.44. The van der Waals surface area contributed by atoms with E-state index in [2.05, 4.69) is 26.1 Å². The van der Waals surface area contributed by atoms with Gasteiger partial charge in [0.15, 0.2) is 0 Å². The second kappa shape index (κ2) is 5.58. The Balaban J connectivity index is 2.75. The van der Waals surface area contributed by atoms with E-state index in [-0.39, 0.29) is 17.4 Å². The summed E-state index contributed by atoms with van der Waals surface area (Å²) in [5.41, 5.74) is 0.580. The van der Waals surface area contributed by atoms with Gasteiger partial charge >= 0.3 is 0 Å². The van der Waals surface area contributed by atoms with E-state index in [9.17, 15) is 4.79 Å². The Labute approximate surface area is 108 Å². The fourth-order valence-electron chi connectivity index (χ4n) is 1.69. The zero-order valence-electron chi connectivity index (χ0n) is 10.8. The van der Waals surface area contributed by atoms with Gasteiger partial charge in [-0.3, -0.25) is 4.79 Å². The van der Waals surface area contributed by atoms with Crippen LogP contribution in [0.2, 0.25) is 0 Å². The van der Waals surface area contributed by atoms with Crippen LogP contribution in [-0.2, 0) is 0 Å². The number of rotatable bonds is 4. The summed E-state index contributed by atoms with van der Waals surface area (Å²) < 4.78 is 5.13. The minimum Gasteiger partial charge on any atom is -0.469 e. The maximum atomic E-state index is 12.0. The quantitative estimate of drug-likeness (QED) is 0.841. The predicted octanol–water partition coefficient (Wildman–Crippen LogP) is 3.36. The molecule has 0 saturated carbocycles. The van der Waals surface area contributed by atoms with Crippen molar-refractivity contribution < 1.29 is 9.21 Å². The average Bonchev–Trinajstić information content (AvgIpc) is 2.62. The van der Waals surface area contributed by atoms with E-state index < -0.39 is 0 Å². The van der Waals surface area contributed by atoms with Gasteiger partial charge in [-0.05, 0) is 24.8 Å². The van der Waals surface area contributed by atoms with Gasteiger partial charge in [-0.15, -0.1) is 11.6 Å². The monoisotopic (exact) mass is 257 g/mol. The molecule has 0 radical (unpaired) electrons. The lowest BCUT2D eigenvalue weighted by atomic mass is 9.85. The topological polar surface area (TPSA) is 42.2 Å². The summed E-state index contributed by atoms with van der Waals surface area (Å²) in [7, 11) is 0. The van der Waals surface area contributed by atoms with Crippen molar-refractivity contribution in [3.05, 3.63) is 23.7 Å². The molecule has 1 rings (SSSR count). The van der Waals surface area contributed by atoms with Crippen molar-refractivity contribution in [1.29, 1.82) is 0 Å². The van der Waals surface area contributed by atoms with Crippen molar-refractivity contribution in [2.24, 2.45) is 5.41 Å². The zero-order chi connectivity index (χ0) is 13.1. The highest BCUT2D eigenvalue weighted by atomic mass is 35.5. The van der Waals surface area contributed by atoms with E-state index in [1.54, 1.807) is 13.0 Å². The maximum absolute atomic E-state index is 12.0. The standard InChI is InChI=1S/C13H20ClNO2/c1-9-10(6-8-17-9)12(16)15-11(5-7-14)13(2,3)4/h6,8,11H,5,7H2,1-4H3,(H,15,16). The molecule has 1 amide bonds. The first kappa shape index (κ1) is 14.1. The van der Waals surface area contributed by atoms with Gasteiger partial charge in [0.2, 0.25) is 0 Å². The van der Waals surface area contributed by atoms with E-state index >= 15 is 0 Å². The Kier molecular flexibility index (Phi) is 4.63. The van der Waals surface area contributed by atoms with Crippen molar-refractivity contribution in [1.82, 2.24) is 5.32 Å². The average molecular weight is 258 g/mol. The molecule has 0 saturated heterocycles. The molecule has 1 heterocycles. The minimum atomic E-state index is -0.0960. The highest BCUT2D eigenvalue weighted by molar-refractivity contribution is 6.17. The SMILES string of the molecule is Cc1occc1C(=O)NC(CCCl)C(C)(C)C. The van der Waals surface area contributed by atoms with Gasteiger partial charge in [-0.25, -0.2) is 0 Å². The molecule has 0 fully saturated rings. The number of furan rings is 1. The Hall–Kier alpha value is -0.960. The lowest BCUT2D eigenvalue weighted by Gasteiger charge is -2.31. The molecule has 4 heteroatoms. The van der Waals surface area contributed by atoms with Crippen LogP contribution in [0.25, 0.3) is 0 Å². The third kappa shape index (κ3) is 3.77. The van der Waals surface area contributed by atoms with Gasteiger partial charge in [0.1, 0.15) is 5.76 Å². The van der Waals surface area contributed by atoms with Crippen molar-refractivity contribution in [2.75, 3.05) is 5.88 Å². The summed E-state index contributed by atoms with van der Waals surface area (Å²) in [4.78, 5) is 12.0. The van der Waals surface area contributed by atoms with Gasteiger partial charge in [-0.2, -0.15) is 0 Å². The molecule has 96 valence electrons. The van der Waals surface area contributed by atoms with Gasteiger partial charge in [0.25, 0.3) is 5.91 Å². The molecular formula is C13H20ClNO2. The van der Waals surface area contributed by atoms with Crippen LogP contribution in [-0.4, -0.2) is 17.8 Å². The lowest BCUT2D eigenvalue weighted by molar-refractivity contribution is 0.0899. The van der Waals surface area contributed by atoms with Gasteiger partial charge in [-0.1, -0.05) is 20.8 Å². The number of amides is 1. The number of nitrogens with one attached hydrogen (secondary N) is 1. The fourth-order valence-corrected chi connectivity index (χ4v) is 1.91. The summed E-state index contributed by atoms with van der Waals surface area (Å²) >= 11 is 5.77. The van der Waals surface area contributed by atoms with Crippen LogP contribution in [0.3, 0.4) is 0 Å². The summed E-state index contributed by atoms with van der Waals surface area (Å²) in [6.45, 7) is 8.05. The molecule has 3 nitrogen and oxygen atoms in total. The normalized spacial score (nSPS) is 13.5. The molecule has 0 aliphatic rings.